The van der Waals surface area contributed by atoms with Crippen LogP contribution in [0.25, 0.3) is 0 Å². The monoisotopic (exact) mass is 1580 g/mol. The molecular weight excluding hydrogens is 1500 g/mol. The molecular formula is C82H82F12O18. The van der Waals surface area contributed by atoms with Gasteiger partial charge in [-0.05, 0) is 115 Å². The molecule has 6 aromatic rings. The predicted octanol–water partition coefficient (Wildman–Crippen LogP) is 15.6. The number of esters is 5. The maximum Gasteiger partial charge on any atom is 0.432 e. The smallest absolute Gasteiger partial charge is 0.432 e. The fourth-order valence-electron chi connectivity index (χ4n) is 17.6. The fraction of sp³-hybridized carbons (Fsp3) is 0.463. The highest BCUT2D eigenvalue weighted by Gasteiger charge is 2.72. The third kappa shape index (κ3) is 13.7. The van der Waals surface area contributed by atoms with Crippen LogP contribution >= 0.6 is 0 Å². The summed E-state index contributed by atoms with van der Waals surface area (Å²) in [6, 6.07) is 22.2. The molecule has 0 N–H and O–H groups in total. The molecule has 3 aliphatic carbocycles. The van der Waals surface area contributed by atoms with Gasteiger partial charge < -0.3 is 47.4 Å². The lowest BCUT2D eigenvalue weighted by molar-refractivity contribution is -0.323. The maximum atomic E-state index is 16.9. The molecule has 0 saturated heterocycles. The first-order valence-electron chi connectivity index (χ1n) is 35.6. The Bertz CT molecular complexity index is 4700. The molecule has 602 valence electrons. The third-order valence-corrected chi connectivity index (χ3v) is 23.2. The molecule has 112 heavy (non-hydrogen) atoms. The van der Waals surface area contributed by atoms with Crippen LogP contribution in [-0.2, 0) is 101 Å². The van der Waals surface area contributed by atoms with E-state index in [1.807, 2.05) is 0 Å². The number of methoxy groups -OCH3 is 4. The van der Waals surface area contributed by atoms with Gasteiger partial charge in [-0.25, -0.2) is 19.2 Å². The van der Waals surface area contributed by atoms with Gasteiger partial charge in [0, 0.05) is 91.6 Å². The van der Waals surface area contributed by atoms with Gasteiger partial charge in [-0.15, -0.1) is 0 Å². The highest BCUT2D eigenvalue weighted by atomic mass is 19.4. The summed E-state index contributed by atoms with van der Waals surface area (Å²) in [5.41, 5.74) is -31.4. The van der Waals surface area contributed by atoms with Crippen molar-refractivity contribution >= 4 is 36.1 Å². The molecule has 14 atom stereocenters. The summed E-state index contributed by atoms with van der Waals surface area (Å²) in [5, 5.41) is 0. The minimum atomic E-state index is -6.01. The van der Waals surface area contributed by atoms with Crippen molar-refractivity contribution in [3.8, 4) is 11.5 Å². The number of rotatable bonds is 23. The van der Waals surface area contributed by atoms with E-state index in [0.29, 0.717) is 40.6 Å². The van der Waals surface area contributed by atoms with Crippen LogP contribution in [0.5, 0.6) is 11.5 Å². The van der Waals surface area contributed by atoms with Gasteiger partial charge in [0.25, 0.3) is 22.4 Å². The predicted molar refractivity (Wildman–Crippen MR) is 375 cm³/mol. The Morgan fingerprint density at radius 2 is 0.893 bits per heavy atom. The van der Waals surface area contributed by atoms with Crippen LogP contribution in [0.2, 0.25) is 0 Å². The van der Waals surface area contributed by atoms with Gasteiger partial charge in [0.05, 0.1) is 0 Å². The lowest BCUT2D eigenvalue weighted by Gasteiger charge is -2.54. The Morgan fingerprint density at radius 1 is 0.509 bits per heavy atom. The number of hydrogen-bond donors (Lipinski definition) is 0. The van der Waals surface area contributed by atoms with Crippen molar-refractivity contribution in [3.63, 3.8) is 0 Å². The minimum Gasteiger partial charge on any atom is -0.456 e. The van der Waals surface area contributed by atoms with Crippen molar-refractivity contribution in [2.45, 2.75) is 177 Å². The first-order chi connectivity index (χ1) is 52.3. The molecule has 0 spiro atoms. The van der Waals surface area contributed by atoms with Crippen LogP contribution in [-0.4, -0.2) is 101 Å². The first kappa shape index (κ1) is 85.1. The van der Waals surface area contributed by atoms with E-state index in [9.17, 15) is 9.59 Å². The van der Waals surface area contributed by atoms with E-state index in [2.05, 4.69) is 0 Å². The standard InChI is InChI=1S/C82H82F12O18/c1-43(2)54-34-36-72(8,59(42-95)107-47(7)96)62(54)56-39-53(40-58(64(97)45(56)5)109-69(100)76(104-11,80(86,87)88)50-28-20-15-21-29-50)74(112-71(102)78(106-13,82(92,93)94)52-32-24-17-25-33-52)41-48-38-57(108-68(99)75(103-10,79(83,84)85)49-26-18-14-19-27-49)65(98)46(6)60-61(48)66(111-74)67(73(9)37-35-55(44(3)4)63(60)73)110-70(101)77(105-12,81(89,90)91)51-30-22-16-23-31-51/h14-33,38-40,42-44,54-55,59,62-63,66-67H,34-37,41H2,1-13H3/t54-,55-,59+,62-,63-,66-,67+,72+,73-,74-,75-,76-,77-,78-/m1/s1. The minimum absolute atomic E-state index is 0.0162. The second kappa shape index (κ2) is 30.9. The Hall–Kier alpha value is -9.36. The van der Waals surface area contributed by atoms with Crippen LogP contribution in [0.1, 0.15) is 153 Å². The number of benzene rings is 4. The van der Waals surface area contributed by atoms with Crippen molar-refractivity contribution in [1.29, 1.82) is 0 Å². The number of carbonyl (C=O) groups is 6. The summed E-state index contributed by atoms with van der Waals surface area (Å²) in [6.07, 6.45) is -31.7. The fourth-order valence-corrected chi connectivity index (χ4v) is 17.6. The summed E-state index contributed by atoms with van der Waals surface area (Å²) in [5.74, 6) is -22.8. The van der Waals surface area contributed by atoms with E-state index < -0.39 is 226 Å². The number of halogens is 12. The third-order valence-electron chi connectivity index (χ3n) is 23.2. The molecule has 18 nitrogen and oxygen atoms in total. The number of fused-ring (bicyclic) bond motifs is 2. The summed E-state index contributed by atoms with van der Waals surface area (Å²) in [4.78, 5) is 121. The highest BCUT2D eigenvalue weighted by molar-refractivity contribution is 5.87. The molecule has 0 unspecified atom stereocenters. The number of alkyl halides is 12. The summed E-state index contributed by atoms with van der Waals surface area (Å²) < 4.78 is 255. The van der Waals surface area contributed by atoms with Crippen molar-refractivity contribution in [2.24, 2.45) is 34.5 Å². The van der Waals surface area contributed by atoms with E-state index in [-0.39, 0.29) is 43.1 Å². The van der Waals surface area contributed by atoms with Crippen LogP contribution in [0, 0.1) is 48.3 Å². The number of ether oxygens (including phenoxy) is 10. The molecule has 6 aromatic carbocycles. The molecule has 0 radical (unpaired) electrons. The van der Waals surface area contributed by atoms with Crippen molar-refractivity contribution in [2.75, 3.05) is 28.4 Å². The molecule has 2 fully saturated rings. The van der Waals surface area contributed by atoms with Crippen molar-refractivity contribution in [1.82, 2.24) is 0 Å². The zero-order valence-electron chi connectivity index (χ0n) is 63.0. The van der Waals surface area contributed by atoms with Crippen molar-refractivity contribution < 1.29 is 129 Å². The quantitative estimate of drug-likeness (QED) is 0.0251. The van der Waals surface area contributed by atoms with Gasteiger partial charge in [-0.1, -0.05) is 163 Å². The zero-order valence-corrected chi connectivity index (χ0v) is 63.0. The maximum absolute atomic E-state index is 16.9. The average molecular weight is 1580 g/mol. The zero-order chi connectivity index (χ0) is 82.8. The molecule has 0 amide bonds. The second-order valence-electron chi connectivity index (χ2n) is 29.8. The van der Waals surface area contributed by atoms with E-state index in [0.717, 1.165) is 124 Å². The van der Waals surface area contributed by atoms with Gasteiger partial charge >= 0.3 is 54.6 Å². The van der Waals surface area contributed by atoms with Crippen LogP contribution < -0.4 is 20.3 Å². The summed E-state index contributed by atoms with van der Waals surface area (Å²) in [6.45, 7) is 12.8. The Morgan fingerprint density at radius 3 is 1.29 bits per heavy atom. The molecule has 1 heterocycles. The van der Waals surface area contributed by atoms with Gasteiger partial charge in [0.15, 0.2) is 23.9 Å². The van der Waals surface area contributed by atoms with E-state index in [1.54, 1.807) is 27.7 Å². The summed E-state index contributed by atoms with van der Waals surface area (Å²) >= 11 is 0. The van der Waals surface area contributed by atoms with Gasteiger partial charge in [0.1, 0.15) is 12.2 Å². The SMILES string of the molecule is CO[C@@](C(=O)Oc1cc([C@]2(OC(=O)[C@](OC)(c3ccccc3)C(F)(F)F)Cc3cc(OC(=O)[C@](OC)(c4ccccc4)C(F)(F)F)c(=O)c(C)c4c3[C@@H](O2)[C@H](OC(=O)[C@](OC)(c2ccccc2)C(F)(F)F)[C@]2(C)CC[C@H](C(C)C)[C@H]42)cc([C@H]2[C@@H](C(C)C)CC[C@@]2(C)[C@H](C=O)OC(C)=O)c(C)c1=O)(c1ccccc1)C(F)(F)F. The number of hydrogen-bond acceptors (Lipinski definition) is 18. The largest absolute Gasteiger partial charge is 0.456 e. The first-order valence-corrected chi connectivity index (χ1v) is 35.6. The molecule has 1 aliphatic heterocycles. The Labute approximate surface area is 635 Å². The molecule has 0 aromatic heterocycles. The second-order valence-corrected chi connectivity index (χ2v) is 29.8. The van der Waals surface area contributed by atoms with Gasteiger partial charge in [-0.3, -0.25) is 19.2 Å². The van der Waals surface area contributed by atoms with E-state index in [4.69, 9.17) is 47.4 Å². The normalized spacial score (nSPS) is 24.8. The van der Waals surface area contributed by atoms with Gasteiger partial charge in [-0.2, -0.15) is 52.7 Å². The van der Waals surface area contributed by atoms with Gasteiger partial charge in [0.2, 0.25) is 16.6 Å². The lowest BCUT2D eigenvalue weighted by atomic mass is 9.59. The van der Waals surface area contributed by atoms with E-state index in [1.165, 1.54) is 38.1 Å². The van der Waals surface area contributed by atoms with Crippen molar-refractivity contribution in [3.05, 3.63) is 221 Å². The molecule has 2 saturated carbocycles. The summed E-state index contributed by atoms with van der Waals surface area (Å²) in [7, 11) is 1.90. The molecule has 30 heteroatoms. The Balaban J connectivity index is 1.45. The average Bonchev–Trinajstić information content (AvgIpc) is 1.42. The van der Waals surface area contributed by atoms with Crippen LogP contribution in [0.3, 0.4) is 0 Å². The van der Waals surface area contributed by atoms with E-state index >= 15 is 81.5 Å². The highest BCUT2D eigenvalue weighted by Crippen LogP contribution is 2.68. The molecule has 4 aliphatic rings. The molecule has 0 bridgehead atoms. The molecule has 10 rings (SSSR count). The van der Waals surface area contributed by atoms with Crippen LogP contribution in [0.4, 0.5) is 52.7 Å². The number of carbonyl (C=O) groups excluding carboxylic acids is 6. The van der Waals surface area contributed by atoms with Crippen LogP contribution in [0.15, 0.2) is 149 Å². The number of aldehydes is 1. The Kier molecular flexibility index (Phi) is 23.4. The topological polar surface area (TPSA) is 229 Å². The lowest BCUT2D eigenvalue weighted by Crippen LogP contribution is -2.59.